The van der Waals surface area contributed by atoms with Gasteiger partial charge in [-0.05, 0) is 0 Å². The van der Waals surface area contributed by atoms with Crippen molar-refractivity contribution in [3.8, 4) is 0 Å². The first-order chi connectivity index (χ1) is 7.81. The number of hydrogen-bond donors (Lipinski definition) is 3. The van der Waals surface area contributed by atoms with Gasteiger partial charge in [-0.2, -0.15) is 0 Å². The highest BCUT2D eigenvalue weighted by atomic mass is 32.2. The maximum atomic E-state index is 10.7. The minimum atomic E-state index is -3.64. The van der Waals surface area contributed by atoms with E-state index in [1.807, 2.05) is 0 Å². The van der Waals surface area contributed by atoms with Gasteiger partial charge in [0, 0.05) is 6.54 Å². The van der Waals surface area contributed by atoms with Crippen LogP contribution in [0.2, 0.25) is 0 Å². The zero-order valence-electron chi connectivity index (χ0n) is 8.53. The molecule has 0 atom stereocenters. The van der Waals surface area contributed by atoms with E-state index in [4.69, 9.17) is 10.9 Å². The Hall–Kier alpha value is -2.01. The molecule has 0 unspecified atom stereocenters. The summed E-state index contributed by atoms with van der Waals surface area (Å²) in [4.78, 5) is 17.0. The Balaban J connectivity index is 2.85. The number of anilines is 2. The van der Waals surface area contributed by atoms with Gasteiger partial charge >= 0.3 is 5.69 Å². The van der Waals surface area contributed by atoms with Crippen LogP contribution in [0.5, 0.6) is 0 Å². The number of sulfonamides is 1. The third kappa shape index (κ3) is 3.81. The molecule has 0 fully saturated rings. The minimum Gasteiger partial charge on any atom is -0.378 e. The average molecular weight is 262 g/mol. The maximum Gasteiger partial charge on any atom is 0.352 e. The molecule has 0 aliphatic rings. The lowest BCUT2D eigenvalue weighted by Gasteiger charge is -2.05. The molecule has 1 aromatic heterocycles. The SMILES string of the molecule is Nc1ncnc(NCCS(N)(=O)=O)c1[N+](=O)[O-]. The van der Waals surface area contributed by atoms with Crippen LogP contribution in [0.25, 0.3) is 0 Å². The van der Waals surface area contributed by atoms with Crippen LogP contribution in [0.3, 0.4) is 0 Å². The van der Waals surface area contributed by atoms with E-state index < -0.39 is 20.6 Å². The number of nitrogens with two attached hydrogens (primary N) is 2. The average Bonchev–Trinajstić information content (AvgIpc) is 2.14. The molecule has 11 heteroatoms. The Labute approximate surface area is 96.2 Å². The van der Waals surface area contributed by atoms with Gasteiger partial charge in [0.15, 0.2) is 0 Å². The maximum absolute atomic E-state index is 10.7. The molecule has 1 rings (SSSR count). The first-order valence-corrected chi connectivity index (χ1v) is 6.02. The van der Waals surface area contributed by atoms with Crippen molar-refractivity contribution in [2.45, 2.75) is 0 Å². The first kappa shape index (κ1) is 13.1. The Kier molecular flexibility index (Phi) is 3.75. The van der Waals surface area contributed by atoms with Crippen molar-refractivity contribution in [3.05, 3.63) is 16.4 Å². The second kappa shape index (κ2) is 4.88. The van der Waals surface area contributed by atoms with Crippen molar-refractivity contribution >= 4 is 27.3 Å². The molecule has 94 valence electrons. The van der Waals surface area contributed by atoms with Crippen molar-refractivity contribution in [3.63, 3.8) is 0 Å². The van der Waals surface area contributed by atoms with E-state index in [-0.39, 0.29) is 23.9 Å². The third-order valence-electron chi connectivity index (χ3n) is 1.71. The highest BCUT2D eigenvalue weighted by Gasteiger charge is 2.20. The van der Waals surface area contributed by atoms with Crippen molar-refractivity contribution in [1.29, 1.82) is 0 Å². The molecule has 0 saturated heterocycles. The number of hydrogen-bond acceptors (Lipinski definition) is 8. The smallest absolute Gasteiger partial charge is 0.352 e. The molecule has 10 nitrogen and oxygen atoms in total. The van der Waals surface area contributed by atoms with E-state index in [2.05, 4.69) is 15.3 Å². The molecule has 0 amide bonds. The summed E-state index contributed by atoms with van der Waals surface area (Å²) in [6, 6.07) is 0. The van der Waals surface area contributed by atoms with Gasteiger partial charge in [0.1, 0.15) is 6.33 Å². The summed E-state index contributed by atoms with van der Waals surface area (Å²) in [5, 5.41) is 17.9. The van der Waals surface area contributed by atoms with E-state index in [0.29, 0.717) is 0 Å². The fourth-order valence-electron chi connectivity index (χ4n) is 1.01. The molecule has 0 aliphatic carbocycles. The fraction of sp³-hybridized carbons (Fsp3) is 0.333. The lowest BCUT2D eigenvalue weighted by molar-refractivity contribution is -0.383. The van der Waals surface area contributed by atoms with Crippen molar-refractivity contribution < 1.29 is 13.3 Å². The minimum absolute atomic E-state index is 0.115. The predicted octanol–water partition coefficient (Wildman–Crippen LogP) is -1.33. The van der Waals surface area contributed by atoms with Gasteiger partial charge in [0.05, 0.1) is 10.7 Å². The van der Waals surface area contributed by atoms with Gasteiger partial charge in [-0.25, -0.2) is 23.5 Å². The van der Waals surface area contributed by atoms with E-state index >= 15 is 0 Å². The van der Waals surface area contributed by atoms with E-state index in [0.717, 1.165) is 6.33 Å². The highest BCUT2D eigenvalue weighted by Crippen LogP contribution is 2.25. The second-order valence-corrected chi connectivity index (χ2v) is 4.74. The predicted molar refractivity (Wildman–Crippen MR) is 59.6 cm³/mol. The van der Waals surface area contributed by atoms with Crippen LogP contribution in [-0.4, -0.2) is 35.6 Å². The van der Waals surface area contributed by atoms with Crippen LogP contribution in [-0.2, 0) is 10.0 Å². The van der Waals surface area contributed by atoms with Crippen molar-refractivity contribution in [1.82, 2.24) is 9.97 Å². The number of nitrogens with zero attached hydrogens (tertiary/aromatic N) is 3. The number of rotatable bonds is 5. The first-order valence-electron chi connectivity index (χ1n) is 4.30. The number of nitro groups is 1. The molecule has 0 aromatic carbocycles. The zero-order valence-corrected chi connectivity index (χ0v) is 9.35. The van der Waals surface area contributed by atoms with E-state index in [1.165, 1.54) is 0 Å². The monoisotopic (exact) mass is 262 g/mol. The van der Waals surface area contributed by atoms with Gasteiger partial charge in [0.25, 0.3) is 0 Å². The molecule has 5 N–H and O–H groups in total. The standard InChI is InChI=1S/C6H10N6O4S/c7-5-4(12(13)14)6(11-3-10-5)9-1-2-17(8,15)16/h3H,1-2H2,(H2,8,15,16)(H3,7,9,10,11). The molecule has 1 aromatic rings. The highest BCUT2D eigenvalue weighted by molar-refractivity contribution is 7.89. The van der Waals surface area contributed by atoms with Crippen molar-refractivity contribution in [2.24, 2.45) is 5.14 Å². The molecular formula is C6H10N6O4S. The van der Waals surface area contributed by atoms with Gasteiger partial charge in [0.2, 0.25) is 21.7 Å². The van der Waals surface area contributed by atoms with E-state index in [9.17, 15) is 18.5 Å². The number of nitrogen functional groups attached to an aromatic ring is 1. The van der Waals surface area contributed by atoms with Crippen LogP contribution in [0.15, 0.2) is 6.33 Å². The summed E-state index contributed by atoms with van der Waals surface area (Å²) in [6.07, 6.45) is 1.03. The zero-order chi connectivity index (χ0) is 13.1. The lowest BCUT2D eigenvalue weighted by atomic mass is 10.4. The summed E-state index contributed by atoms with van der Waals surface area (Å²) in [7, 11) is -3.64. The fourth-order valence-corrected chi connectivity index (χ4v) is 1.40. The van der Waals surface area contributed by atoms with Gasteiger partial charge in [-0.3, -0.25) is 10.1 Å². The summed E-state index contributed by atoms with van der Waals surface area (Å²) in [5.41, 5.74) is 4.81. The lowest BCUT2D eigenvalue weighted by Crippen LogP contribution is -2.23. The summed E-state index contributed by atoms with van der Waals surface area (Å²) in [5.74, 6) is -0.831. The third-order valence-corrected chi connectivity index (χ3v) is 2.49. The molecule has 0 spiro atoms. The Morgan fingerprint density at radius 2 is 2.12 bits per heavy atom. The normalized spacial score (nSPS) is 11.1. The van der Waals surface area contributed by atoms with Crippen LogP contribution in [0.4, 0.5) is 17.3 Å². The van der Waals surface area contributed by atoms with Crippen molar-refractivity contribution in [2.75, 3.05) is 23.3 Å². The number of nitrogens with one attached hydrogen (secondary N) is 1. The van der Waals surface area contributed by atoms with Crippen LogP contribution in [0, 0.1) is 10.1 Å². The number of primary sulfonamides is 1. The second-order valence-electron chi connectivity index (χ2n) is 3.01. The van der Waals surface area contributed by atoms with Gasteiger partial charge in [-0.15, -0.1) is 0 Å². The summed E-state index contributed by atoms with van der Waals surface area (Å²) >= 11 is 0. The summed E-state index contributed by atoms with van der Waals surface area (Å²) in [6.45, 7) is -0.115. The molecule has 0 aliphatic heterocycles. The summed E-state index contributed by atoms with van der Waals surface area (Å²) < 4.78 is 21.3. The number of aromatic nitrogens is 2. The molecule has 0 saturated carbocycles. The van der Waals surface area contributed by atoms with E-state index in [1.54, 1.807) is 0 Å². The Morgan fingerprint density at radius 1 is 1.47 bits per heavy atom. The Bertz CT molecular complexity index is 529. The molecule has 1 heterocycles. The van der Waals surface area contributed by atoms with Crippen LogP contribution in [0.1, 0.15) is 0 Å². The van der Waals surface area contributed by atoms with Crippen LogP contribution < -0.4 is 16.2 Å². The quantitative estimate of drug-likeness (QED) is 0.433. The van der Waals surface area contributed by atoms with Crippen LogP contribution >= 0.6 is 0 Å². The Morgan fingerprint density at radius 3 is 2.65 bits per heavy atom. The molecular weight excluding hydrogens is 252 g/mol. The largest absolute Gasteiger partial charge is 0.378 e. The molecule has 0 bridgehead atoms. The molecule has 0 radical (unpaired) electrons. The molecule has 17 heavy (non-hydrogen) atoms. The topological polar surface area (TPSA) is 167 Å². The van der Waals surface area contributed by atoms with Gasteiger partial charge < -0.3 is 11.1 Å². The van der Waals surface area contributed by atoms with Gasteiger partial charge in [-0.1, -0.05) is 0 Å².